The molecule has 6 aromatic rings. The second-order valence-corrected chi connectivity index (χ2v) is 10.8. The van der Waals surface area contributed by atoms with Gasteiger partial charge in [0.1, 0.15) is 12.4 Å². The van der Waals surface area contributed by atoms with Gasteiger partial charge in [-0.3, -0.25) is 4.79 Å². The zero-order valence-corrected chi connectivity index (χ0v) is 24.6. The van der Waals surface area contributed by atoms with Crippen LogP contribution < -0.4 is 10.2 Å². The van der Waals surface area contributed by atoms with Crippen LogP contribution in [0.15, 0.2) is 137 Å². The average Bonchev–Trinajstić information content (AvgIpc) is 3.42. The summed E-state index contributed by atoms with van der Waals surface area (Å²) in [4.78, 5) is 12.7. The first-order valence-corrected chi connectivity index (χ1v) is 14.4. The van der Waals surface area contributed by atoms with Crippen molar-refractivity contribution in [2.24, 2.45) is 5.10 Å². The molecule has 206 valence electrons. The highest BCUT2D eigenvalue weighted by Gasteiger charge is 2.11. The van der Waals surface area contributed by atoms with Crippen LogP contribution in [0, 0.1) is 6.92 Å². The van der Waals surface area contributed by atoms with Gasteiger partial charge in [-0.2, -0.15) is 5.10 Å². The monoisotopic (exact) mass is 613 g/mol. The molecular formula is C36H28BrN3O2. The van der Waals surface area contributed by atoms with Crippen molar-refractivity contribution in [3.63, 3.8) is 0 Å². The van der Waals surface area contributed by atoms with E-state index in [0.29, 0.717) is 12.2 Å². The van der Waals surface area contributed by atoms with E-state index in [2.05, 4.69) is 92.5 Å². The molecule has 0 saturated heterocycles. The van der Waals surface area contributed by atoms with Gasteiger partial charge in [0.15, 0.2) is 0 Å². The number of aromatic nitrogens is 1. The van der Waals surface area contributed by atoms with E-state index >= 15 is 0 Å². The first-order chi connectivity index (χ1) is 20.5. The molecule has 0 aliphatic carbocycles. The van der Waals surface area contributed by atoms with E-state index in [1.165, 1.54) is 10.8 Å². The lowest BCUT2D eigenvalue weighted by molar-refractivity contribution is 0.0955. The standard InChI is InChI=1S/C36H28BrN3O2/c1-25-11-19-34(29-8-3-2-4-9-29)40(25)32-17-15-30(16-18-32)36(41)39-38-23-26-13-20-35(33(37)22-26)42-24-27-12-14-28-7-5-6-10-31(28)21-27/h2-23H,24H2,1H3,(H,39,41)/b38-23+. The second-order valence-electron chi connectivity index (χ2n) is 9.97. The molecule has 0 fully saturated rings. The van der Waals surface area contributed by atoms with Crippen LogP contribution in [0.4, 0.5) is 0 Å². The van der Waals surface area contributed by atoms with Gasteiger partial charge >= 0.3 is 0 Å². The topological polar surface area (TPSA) is 55.6 Å². The summed E-state index contributed by atoms with van der Waals surface area (Å²) in [6.07, 6.45) is 1.61. The zero-order valence-electron chi connectivity index (χ0n) is 23.0. The molecule has 0 atom stereocenters. The number of amides is 1. The lowest BCUT2D eigenvalue weighted by Gasteiger charge is -2.12. The predicted octanol–water partition coefficient (Wildman–Crippen LogP) is 8.71. The summed E-state index contributed by atoms with van der Waals surface area (Å²) in [5.74, 6) is 0.456. The minimum Gasteiger partial charge on any atom is -0.488 e. The largest absolute Gasteiger partial charge is 0.488 e. The zero-order chi connectivity index (χ0) is 28.9. The van der Waals surface area contributed by atoms with E-state index in [0.717, 1.165) is 44.0 Å². The highest BCUT2D eigenvalue weighted by Crippen LogP contribution is 2.28. The average molecular weight is 615 g/mol. The molecule has 6 heteroatoms. The molecule has 5 nitrogen and oxygen atoms in total. The maximum absolute atomic E-state index is 12.7. The molecule has 0 aliphatic rings. The molecule has 42 heavy (non-hydrogen) atoms. The molecule has 1 aromatic heterocycles. The summed E-state index contributed by atoms with van der Waals surface area (Å²) in [5.41, 5.74) is 9.42. The number of hydrogen-bond donors (Lipinski definition) is 1. The van der Waals surface area contributed by atoms with Crippen molar-refractivity contribution in [2.45, 2.75) is 13.5 Å². The molecule has 0 saturated carbocycles. The van der Waals surface area contributed by atoms with Crippen LogP contribution in [-0.4, -0.2) is 16.7 Å². The van der Waals surface area contributed by atoms with Crippen LogP contribution >= 0.6 is 15.9 Å². The van der Waals surface area contributed by atoms with E-state index in [4.69, 9.17) is 4.74 Å². The number of carbonyl (C=O) groups is 1. The quantitative estimate of drug-likeness (QED) is 0.138. The van der Waals surface area contributed by atoms with Crippen LogP contribution in [0.1, 0.15) is 27.2 Å². The number of aryl methyl sites for hydroxylation is 1. The van der Waals surface area contributed by atoms with Gasteiger partial charge in [0, 0.05) is 16.9 Å². The Hall–Kier alpha value is -4.94. The van der Waals surface area contributed by atoms with Crippen molar-refractivity contribution in [3.8, 4) is 22.7 Å². The minimum atomic E-state index is -0.278. The summed E-state index contributed by atoms with van der Waals surface area (Å²) < 4.78 is 9.03. The first-order valence-electron chi connectivity index (χ1n) is 13.6. The number of nitrogens with one attached hydrogen (secondary N) is 1. The van der Waals surface area contributed by atoms with Crippen LogP contribution in [0.25, 0.3) is 27.7 Å². The Balaban J connectivity index is 1.07. The Morgan fingerprint density at radius 3 is 2.38 bits per heavy atom. The third kappa shape index (κ3) is 6.04. The molecule has 5 aromatic carbocycles. The predicted molar refractivity (Wildman–Crippen MR) is 173 cm³/mol. The fourth-order valence-corrected chi connectivity index (χ4v) is 5.42. The van der Waals surface area contributed by atoms with Crippen LogP contribution in [-0.2, 0) is 6.61 Å². The molecular weight excluding hydrogens is 586 g/mol. The van der Waals surface area contributed by atoms with Gasteiger partial charge in [0.05, 0.1) is 16.4 Å². The fraction of sp³-hybridized carbons (Fsp3) is 0.0556. The summed E-state index contributed by atoms with van der Waals surface area (Å²) in [7, 11) is 0. The normalized spacial score (nSPS) is 11.2. The number of halogens is 1. The number of nitrogens with zero attached hydrogens (tertiary/aromatic N) is 2. The van der Waals surface area contributed by atoms with Gasteiger partial charge < -0.3 is 9.30 Å². The molecule has 0 radical (unpaired) electrons. The van der Waals surface area contributed by atoms with Crippen molar-refractivity contribution in [2.75, 3.05) is 0 Å². The van der Waals surface area contributed by atoms with Crippen molar-refractivity contribution in [3.05, 3.63) is 154 Å². The van der Waals surface area contributed by atoms with E-state index < -0.39 is 0 Å². The maximum atomic E-state index is 12.7. The van der Waals surface area contributed by atoms with Crippen LogP contribution in [0.2, 0.25) is 0 Å². The van der Waals surface area contributed by atoms with Crippen molar-refractivity contribution < 1.29 is 9.53 Å². The Labute approximate surface area is 253 Å². The van der Waals surface area contributed by atoms with E-state index in [1.54, 1.807) is 6.21 Å². The lowest BCUT2D eigenvalue weighted by atomic mass is 10.1. The Bertz CT molecular complexity index is 1890. The third-order valence-electron chi connectivity index (χ3n) is 7.08. The number of hydrogen-bond acceptors (Lipinski definition) is 3. The molecule has 6 rings (SSSR count). The van der Waals surface area contributed by atoms with Gasteiger partial charge in [-0.05, 0) is 111 Å². The van der Waals surface area contributed by atoms with Gasteiger partial charge in [0.25, 0.3) is 5.91 Å². The van der Waals surface area contributed by atoms with E-state index in [9.17, 15) is 4.79 Å². The SMILES string of the molecule is Cc1ccc(-c2ccccc2)n1-c1ccc(C(=O)N/N=C/c2ccc(OCc3ccc4ccccc4c3)c(Br)c2)cc1. The summed E-state index contributed by atoms with van der Waals surface area (Å²) >= 11 is 3.59. The number of hydrazone groups is 1. The van der Waals surface area contributed by atoms with Crippen molar-refractivity contribution in [1.82, 2.24) is 9.99 Å². The van der Waals surface area contributed by atoms with Gasteiger partial charge in [-0.15, -0.1) is 0 Å². The Morgan fingerprint density at radius 2 is 1.60 bits per heavy atom. The first kappa shape index (κ1) is 27.2. The number of fused-ring (bicyclic) bond motifs is 1. The highest BCUT2D eigenvalue weighted by molar-refractivity contribution is 9.10. The third-order valence-corrected chi connectivity index (χ3v) is 7.70. The number of carbonyl (C=O) groups excluding carboxylic acids is 1. The maximum Gasteiger partial charge on any atom is 0.271 e. The molecule has 1 amide bonds. The van der Waals surface area contributed by atoms with E-state index in [1.807, 2.05) is 72.8 Å². The van der Waals surface area contributed by atoms with E-state index in [-0.39, 0.29) is 5.91 Å². The molecule has 0 bridgehead atoms. The molecule has 1 heterocycles. The van der Waals surface area contributed by atoms with Crippen LogP contribution in [0.3, 0.4) is 0 Å². The molecule has 0 unspecified atom stereocenters. The van der Waals surface area contributed by atoms with Crippen molar-refractivity contribution in [1.29, 1.82) is 0 Å². The Morgan fingerprint density at radius 1 is 0.833 bits per heavy atom. The van der Waals surface area contributed by atoms with Gasteiger partial charge in [0.2, 0.25) is 0 Å². The summed E-state index contributed by atoms with van der Waals surface area (Å²) in [6.45, 7) is 2.53. The summed E-state index contributed by atoms with van der Waals surface area (Å²) in [6, 6.07) is 42.3. The Kier molecular flexibility index (Phi) is 7.97. The van der Waals surface area contributed by atoms with Crippen molar-refractivity contribution >= 4 is 38.8 Å². The molecule has 0 aliphatic heterocycles. The fourth-order valence-electron chi connectivity index (χ4n) is 4.91. The van der Waals surface area contributed by atoms with Crippen LogP contribution in [0.5, 0.6) is 5.75 Å². The second kappa shape index (κ2) is 12.3. The number of rotatable bonds is 8. The van der Waals surface area contributed by atoms with Gasteiger partial charge in [-0.1, -0.05) is 66.7 Å². The summed E-state index contributed by atoms with van der Waals surface area (Å²) in [5, 5.41) is 6.56. The smallest absolute Gasteiger partial charge is 0.271 e. The molecule has 0 spiro atoms. The molecule has 1 N–H and O–H groups in total. The highest BCUT2D eigenvalue weighted by atomic mass is 79.9. The minimum absolute atomic E-state index is 0.278. The lowest BCUT2D eigenvalue weighted by Crippen LogP contribution is -2.17. The number of ether oxygens (including phenoxy) is 1. The number of benzene rings is 5. The van der Waals surface area contributed by atoms with Gasteiger partial charge in [-0.25, -0.2) is 5.43 Å².